The van der Waals surface area contributed by atoms with Gasteiger partial charge < -0.3 is 10.2 Å². The van der Waals surface area contributed by atoms with Crippen LogP contribution in [0.5, 0.6) is 0 Å². The van der Waals surface area contributed by atoms with E-state index in [0.29, 0.717) is 6.42 Å². The molecule has 0 heterocycles. The van der Waals surface area contributed by atoms with Gasteiger partial charge in [-0.15, -0.1) is 0 Å². The lowest BCUT2D eigenvalue weighted by Gasteiger charge is -2.39. The largest absolute Gasteiger partial charge is 0.389 e. The molecule has 0 spiro atoms. The van der Waals surface area contributed by atoms with E-state index in [1.807, 2.05) is 31.2 Å². The van der Waals surface area contributed by atoms with Gasteiger partial charge in [-0.1, -0.05) is 37.8 Å². The van der Waals surface area contributed by atoms with Gasteiger partial charge in [0.25, 0.3) is 0 Å². The quantitative estimate of drug-likeness (QED) is 0.747. The van der Waals surface area contributed by atoms with Crippen LogP contribution in [0.25, 0.3) is 0 Å². The zero-order chi connectivity index (χ0) is 11.8. The maximum absolute atomic E-state index is 10.7. The summed E-state index contributed by atoms with van der Waals surface area (Å²) in [5, 5.41) is 20.8. The molecule has 2 heteroatoms. The Balaban J connectivity index is 2.56. The van der Waals surface area contributed by atoms with Crippen molar-refractivity contribution in [3.63, 3.8) is 0 Å². The molecule has 1 aromatic rings. The second kappa shape index (κ2) is 4.04. The lowest BCUT2D eigenvalue weighted by atomic mass is 9.72. The van der Waals surface area contributed by atoms with Crippen LogP contribution in [0.1, 0.15) is 30.9 Å². The number of benzene rings is 1. The molecule has 2 nitrogen and oxygen atoms in total. The SMILES string of the molecule is C=C1CCc2ccccc2C1(O)C(O)CC. The fourth-order valence-corrected chi connectivity index (χ4v) is 2.49. The first kappa shape index (κ1) is 11.4. The van der Waals surface area contributed by atoms with Gasteiger partial charge in [-0.25, -0.2) is 0 Å². The molecule has 1 aliphatic carbocycles. The van der Waals surface area contributed by atoms with E-state index < -0.39 is 11.7 Å². The molecule has 1 aromatic carbocycles. The third-order valence-corrected chi connectivity index (χ3v) is 3.53. The van der Waals surface area contributed by atoms with Crippen molar-refractivity contribution in [3.05, 3.63) is 47.5 Å². The second-order valence-electron chi connectivity index (χ2n) is 4.45. The third-order valence-electron chi connectivity index (χ3n) is 3.53. The summed E-state index contributed by atoms with van der Waals surface area (Å²) in [6.45, 7) is 5.79. The van der Waals surface area contributed by atoms with Crippen LogP contribution in [0.15, 0.2) is 36.4 Å². The van der Waals surface area contributed by atoms with Gasteiger partial charge in [0.15, 0.2) is 0 Å². The van der Waals surface area contributed by atoms with Crippen molar-refractivity contribution in [2.24, 2.45) is 0 Å². The van der Waals surface area contributed by atoms with Crippen LogP contribution in [0.4, 0.5) is 0 Å². The van der Waals surface area contributed by atoms with E-state index in [2.05, 4.69) is 6.58 Å². The van der Waals surface area contributed by atoms with Crippen molar-refractivity contribution in [2.75, 3.05) is 0 Å². The van der Waals surface area contributed by atoms with Gasteiger partial charge in [0, 0.05) is 0 Å². The molecule has 0 saturated heterocycles. The summed E-state index contributed by atoms with van der Waals surface area (Å²) in [7, 11) is 0. The van der Waals surface area contributed by atoms with E-state index in [0.717, 1.165) is 29.5 Å². The Labute approximate surface area is 96.2 Å². The summed E-state index contributed by atoms with van der Waals surface area (Å²) >= 11 is 0. The molecule has 0 aliphatic heterocycles. The minimum Gasteiger partial charge on any atom is -0.389 e. The van der Waals surface area contributed by atoms with E-state index in [1.165, 1.54) is 0 Å². The van der Waals surface area contributed by atoms with Crippen LogP contribution in [0, 0.1) is 0 Å². The van der Waals surface area contributed by atoms with Crippen LogP contribution in [0.2, 0.25) is 0 Å². The standard InChI is InChI=1S/C14H18O2/c1-3-13(15)14(16)10(2)8-9-11-6-4-5-7-12(11)14/h4-7,13,15-16H,2-3,8-9H2,1H3. The van der Waals surface area contributed by atoms with Crippen molar-refractivity contribution in [1.29, 1.82) is 0 Å². The van der Waals surface area contributed by atoms with Gasteiger partial charge in [0.2, 0.25) is 0 Å². The van der Waals surface area contributed by atoms with E-state index in [4.69, 9.17) is 0 Å². The van der Waals surface area contributed by atoms with Gasteiger partial charge in [0.05, 0.1) is 6.10 Å². The highest BCUT2D eigenvalue weighted by atomic mass is 16.3. The molecule has 2 N–H and O–H groups in total. The van der Waals surface area contributed by atoms with Crippen LogP contribution in [0.3, 0.4) is 0 Å². The first-order chi connectivity index (χ1) is 7.60. The van der Waals surface area contributed by atoms with Gasteiger partial charge in [-0.3, -0.25) is 0 Å². The van der Waals surface area contributed by atoms with Crippen molar-refractivity contribution in [2.45, 2.75) is 37.9 Å². The first-order valence-electron chi connectivity index (χ1n) is 5.77. The molecule has 0 saturated carbocycles. The zero-order valence-electron chi connectivity index (χ0n) is 9.61. The Kier molecular flexibility index (Phi) is 2.87. The minimum atomic E-state index is -1.26. The molecule has 0 aromatic heterocycles. The molecule has 16 heavy (non-hydrogen) atoms. The Morgan fingerprint density at radius 3 is 2.75 bits per heavy atom. The van der Waals surface area contributed by atoms with Crippen molar-refractivity contribution < 1.29 is 10.2 Å². The molecular formula is C14H18O2. The van der Waals surface area contributed by atoms with Crippen LogP contribution >= 0.6 is 0 Å². The van der Waals surface area contributed by atoms with Gasteiger partial charge in [0.1, 0.15) is 5.60 Å². The Morgan fingerprint density at radius 1 is 1.38 bits per heavy atom. The maximum atomic E-state index is 10.7. The number of fused-ring (bicyclic) bond motifs is 1. The molecular weight excluding hydrogens is 200 g/mol. The number of hydrogen-bond acceptors (Lipinski definition) is 2. The zero-order valence-corrected chi connectivity index (χ0v) is 9.61. The Morgan fingerprint density at radius 2 is 2.06 bits per heavy atom. The van der Waals surface area contributed by atoms with Crippen LogP contribution in [-0.2, 0) is 12.0 Å². The van der Waals surface area contributed by atoms with E-state index in [-0.39, 0.29) is 0 Å². The fourth-order valence-electron chi connectivity index (χ4n) is 2.49. The topological polar surface area (TPSA) is 40.5 Å². The van der Waals surface area contributed by atoms with Gasteiger partial charge in [-0.05, 0) is 36.0 Å². The summed E-state index contributed by atoms with van der Waals surface area (Å²) < 4.78 is 0. The van der Waals surface area contributed by atoms with Gasteiger partial charge >= 0.3 is 0 Å². The number of aliphatic hydroxyl groups excluding tert-OH is 1. The summed E-state index contributed by atoms with van der Waals surface area (Å²) in [6, 6.07) is 7.75. The van der Waals surface area contributed by atoms with E-state index in [1.54, 1.807) is 0 Å². The highest BCUT2D eigenvalue weighted by Crippen LogP contribution is 2.41. The molecule has 2 unspecified atom stereocenters. The van der Waals surface area contributed by atoms with Crippen molar-refractivity contribution in [1.82, 2.24) is 0 Å². The second-order valence-corrected chi connectivity index (χ2v) is 4.45. The average Bonchev–Trinajstić information content (AvgIpc) is 2.33. The van der Waals surface area contributed by atoms with Crippen molar-refractivity contribution in [3.8, 4) is 0 Å². The fraction of sp³-hybridized carbons (Fsp3) is 0.429. The number of hydrogen-bond donors (Lipinski definition) is 2. The molecule has 2 rings (SSSR count). The number of aryl methyl sites for hydroxylation is 1. The molecule has 86 valence electrons. The predicted octanol–water partition coefficient (Wildman–Crippen LogP) is 2.15. The maximum Gasteiger partial charge on any atom is 0.136 e. The molecule has 0 bridgehead atoms. The highest BCUT2D eigenvalue weighted by molar-refractivity contribution is 5.43. The highest BCUT2D eigenvalue weighted by Gasteiger charge is 2.42. The number of rotatable bonds is 2. The predicted molar refractivity (Wildman–Crippen MR) is 64.1 cm³/mol. The van der Waals surface area contributed by atoms with Gasteiger partial charge in [-0.2, -0.15) is 0 Å². The molecule has 2 atom stereocenters. The molecule has 0 amide bonds. The van der Waals surface area contributed by atoms with Crippen LogP contribution < -0.4 is 0 Å². The monoisotopic (exact) mass is 218 g/mol. The minimum absolute atomic E-state index is 0.518. The molecule has 1 aliphatic rings. The van der Waals surface area contributed by atoms with Crippen molar-refractivity contribution >= 4 is 0 Å². The molecule has 0 fully saturated rings. The summed E-state index contributed by atoms with van der Waals surface area (Å²) in [5.74, 6) is 0. The van der Waals surface area contributed by atoms with E-state index >= 15 is 0 Å². The Hall–Kier alpha value is -1.12. The Bertz CT molecular complexity index is 411. The molecule has 0 radical (unpaired) electrons. The number of aliphatic hydroxyl groups is 2. The van der Waals surface area contributed by atoms with E-state index in [9.17, 15) is 10.2 Å². The van der Waals surface area contributed by atoms with Crippen LogP contribution in [-0.4, -0.2) is 16.3 Å². The summed E-state index contributed by atoms with van der Waals surface area (Å²) in [6.07, 6.45) is 1.38. The lowest BCUT2D eigenvalue weighted by molar-refractivity contribution is -0.0587. The average molecular weight is 218 g/mol. The first-order valence-corrected chi connectivity index (χ1v) is 5.77. The summed E-state index contributed by atoms with van der Waals surface area (Å²) in [4.78, 5) is 0. The third kappa shape index (κ3) is 1.49. The smallest absolute Gasteiger partial charge is 0.136 e. The summed E-state index contributed by atoms with van der Waals surface area (Å²) in [5.41, 5.74) is 1.40. The normalized spacial score (nSPS) is 26.3. The lowest BCUT2D eigenvalue weighted by Crippen LogP contribution is -2.43.